The molecule has 0 unspecified atom stereocenters. The SMILES string of the molecule is Cc1c(-c2ccccc2)sc2ncn(Cn3nnc4ccccc4c3=O)c(=O)c12. The monoisotopic (exact) mass is 401 g/mol. The summed E-state index contributed by atoms with van der Waals surface area (Å²) in [7, 11) is 0. The fourth-order valence-electron chi connectivity index (χ4n) is 3.39. The molecule has 5 aromatic rings. The van der Waals surface area contributed by atoms with Crippen LogP contribution in [0.5, 0.6) is 0 Å². The van der Waals surface area contributed by atoms with Gasteiger partial charge in [0.1, 0.15) is 23.3 Å². The van der Waals surface area contributed by atoms with E-state index in [0.29, 0.717) is 21.1 Å². The average molecular weight is 401 g/mol. The predicted molar refractivity (Wildman–Crippen MR) is 113 cm³/mol. The number of nitrogens with zero attached hydrogens (tertiary/aromatic N) is 5. The van der Waals surface area contributed by atoms with E-state index in [2.05, 4.69) is 15.3 Å². The summed E-state index contributed by atoms with van der Waals surface area (Å²) < 4.78 is 2.57. The summed E-state index contributed by atoms with van der Waals surface area (Å²) in [6, 6.07) is 16.9. The molecule has 8 heteroatoms. The number of aromatic nitrogens is 5. The molecule has 0 saturated heterocycles. The summed E-state index contributed by atoms with van der Waals surface area (Å²) in [5.74, 6) is 0. The Bertz CT molecular complexity index is 1480. The highest BCUT2D eigenvalue weighted by Crippen LogP contribution is 2.35. The molecule has 0 amide bonds. The van der Waals surface area contributed by atoms with Crippen molar-refractivity contribution in [3.63, 3.8) is 0 Å². The Morgan fingerprint density at radius 3 is 2.55 bits per heavy atom. The third-order valence-electron chi connectivity index (χ3n) is 4.87. The standard InChI is InChI=1S/C21H15N5O2S/c1-13-17-19(29-18(13)14-7-3-2-4-8-14)22-11-25(21(17)28)12-26-20(27)15-9-5-6-10-16(15)23-24-26/h2-11H,12H2,1H3. The Morgan fingerprint density at radius 2 is 1.72 bits per heavy atom. The molecule has 0 aliphatic rings. The van der Waals surface area contributed by atoms with Crippen molar-refractivity contribution >= 4 is 32.5 Å². The number of fused-ring (bicyclic) bond motifs is 2. The van der Waals surface area contributed by atoms with Crippen LogP contribution in [0.2, 0.25) is 0 Å². The number of rotatable bonds is 3. The van der Waals surface area contributed by atoms with E-state index in [1.807, 2.05) is 37.3 Å². The van der Waals surface area contributed by atoms with E-state index in [1.165, 1.54) is 26.9 Å². The van der Waals surface area contributed by atoms with E-state index in [9.17, 15) is 9.59 Å². The molecule has 0 atom stereocenters. The fourth-order valence-corrected chi connectivity index (χ4v) is 4.53. The van der Waals surface area contributed by atoms with E-state index >= 15 is 0 Å². The van der Waals surface area contributed by atoms with Crippen LogP contribution >= 0.6 is 11.3 Å². The van der Waals surface area contributed by atoms with Crippen molar-refractivity contribution in [3.8, 4) is 10.4 Å². The van der Waals surface area contributed by atoms with Crippen molar-refractivity contribution < 1.29 is 0 Å². The molecule has 0 fully saturated rings. The molecule has 29 heavy (non-hydrogen) atoms. The minimum Gasteiger partial charge on any atom is -0.278 e. The van der Waals surface area contributed by atoms with Crippen molar-refractivity contribution in [1.29, 1.82) is 0 Å². The van der Waals surface area contributed by atoms with Gasteiger partial charge >= 0.3 is 0 Å². The third-order valence-corrected chi connectivity index (χ3v) is 6.12. The van der Waals surface area contributed by atoms with Crippen LogP contribution in [0.25, 0.3) is 31.6 Å². The lowest BCUT2D eigenvalue weighted by Gasteiger charge is -2.07. The van der Waals surface area contributed by atoms with Crippen LogP contribution in [0.15, 0.2) is 70.5 Å². The third kappa shape index (κ3) is 2.85. The molecule has 2 aromatic carbocycles. The molecule has 0 spiro atoms. The summed E-state index contributed by atoms with van der Waals surface area (Å²) in [5, 5.41) is 9.07. The molecule has 3 heterocycles. The van der Waals surface area contributed by atoms with Crippen molar-refractivity contribution in [1.82, 2.24) is 24.5 Å². The van der Waals surface area contributed by atoms with Crippen LogP contribution in [-0.4, -0.2) is 24.5 Å². The molecule has 0 bridgehead atoms. The van der Waals surface area contributed by atoms with Gasteiger partial charge in [0, 0.05) is 4.88 Å². The number of hydrogen-bond donors (Lipinski definition) is 0. The van der Waals surface area contributed by atoms with Crippen molar-refractivity contribution in [3.05, 3.63) is 87.2 Å². The normalized spacial score (nSPS) is 11.3. The van der Waals surface area contributed by atoms with E-state index in [4.69, 9.17) is 0 Å². The lowest BCUT2D eigenvalue weighted by Crippen LogP contribution is -2.32. The largest absolute Gasteiger partial charge is 0.279 e. The Kier molecular flexibility index (Phi) is 4.06. The minimum atomic E-state index is -0.297. The van der Waals surface area contributed by atoms with Crippen molar-refractivity contribution in [2.45, 2.75) is 13.6 Å². The maximum absolute atomic E-state index is 13.1. The maximum Gasteiger partial charge on any atom is 0.279 e. The van der Waals surface area contributed by atoms with E-state index in [-0.39, 0.29) is 17.8 Å². The van der Waals surface area contributed by atoms with Gasteiger partial charge in [0.25, 0.3) is 11.1 Å². The van der Waals surface area contributed by atoms with Crippen LogP contribution in [0.3, 0.4) is 0 Å². The lowest BCUT2D eigenvalue weighted by molar-refractivity contribution is 0.487. The maximum atomic E-state index is 13.1. The van der Waals surface area contributed by atoms with E-state index in [1.54, 1.807) is 24.3 Å². The van der Waals surface area contributed by atoms with Crippen molar-refractivity contribution in [2.75, 3.05) is 0 Å². The first-order chi connectivity index (χ1) is 14.1. The zero-order valence-electron chi connectivity index (χ0n) is 15.4. The molecule has 0 aliphatic carbocycles. The topological polar surface area (TPSA) is 82.7 Å². The van der Waals surface area contributed by atoms with Crippen LogP contribution < -0.4 is 11.1 Å². The minimum absolute atomic E-state index is 0.0472. The molecule has 0 N–H and O–H groups in total. The average Bonchev–Trinajstić information content (AvgIpc) is 3.10. The second kappa shape index (κ2) is 6.75. The van der Waals surface area contributed by atoms with Crippen LogP contribution in [-0.2, 0) is 6.67 Å². The Balaban J connectivity index is 1.63. The number of hydrogen-bond acceptors (Lipinski definition) is 6. The smallest absolute Gasteiger partial charge is 0.278 e. The van der Waals surface area contributed by atoms with Gasteiger partial charge < -0.3 is 0 Å². The summed E-state index contributed by atoms with van der Waals surface area (Å²) in [6.45, 7) is 1.88. The number of thiophene rings is 1. The molecular formula is C21H15N5O2S. The molecule has 7 nitrogen and oxygen atoms in total. The molecule has 0 radical (unpaired) electrons. The Labute approximate surface area is 168 Å². The predicted octanol–water partition coefficient (Wildman–Crippen LogP) is 3.04. The van der Waals surface area contributed by atoms with Gasteiger partial charge in [0.05, 0.1) is 10.8 Å². The van der Waals surface area contributed by atoms with Crippen molar-refractivity contribution in [2.24, 2.45) is 0 Å². The fraction of sp³-hybridized carbons (Fsp3) is 0.0952. The molecule has 0 aliphatic heterocycles. The highest BCUT2D eigenvalue weighted by Gasteiger charge is 2.16. The molecule has 0 saturated carbocycles. The first-order valence-corrected chi connectivity index (χ1v) is 9.81. The molecule has 5 rings (SSSR count). The van der Waals surface area contributed by atoms with Gasteiger partial charge in [-0.1, -0.05) is 47.7 Å². The van der Waals surface area contributed by atoms with Gasteiger partial charge in [0.15, 0.2) is 0 Å². The van der Waals surface area contributed by atoms with Gasteiger partial charge in [0.2, 0.25) is 0 Å². The van der Waals surface area contributed by atoms with Gasteiger partial charge in [-0.15, -0.1) is 16.4 Å². The molecule has 142 valence electrons. The quantitative estimate of drug-likeness (QED) is 0.464. The first kappa shape index (κ1) is 17.4. The number of benzene rings is 2. The summed E-state index contributed by atoms with van der Waals surface area (Å²) in [5.41, 5.74) is 1.97. The zero-order chi connectivity index (χ0) is 20.0. The van der Waals surface area contributed by atoms with Crippen LogP contribution in [0.1, 0.15) is 5.56 Å². The second-order valence-corrected chi connectivity index (χ2v) is 7.67. The Hall–Kier alpha value is -3.65. The van der Waals surface area contributed by atoms with E-state index in [0.717, 1.165) is 16.0 Å². The summed E-state index contributed by atoms with van der Waals surface area (Å²) in [4.78, 5) is 32.0. The van der Waals surface area contributed by atoms with E-state index < -0.39 is 0 Å². The van der Waals surface area contributed by atoms with Gasteiger partial charge in [-0.2, -0.15) is 4.68 Å². The van der Waals surface area contributed by atoms with Gasteiger partial charge in [-0.3, -0.25) is 14.2 Å². The summed E-state index contributed by atoms with van der Waals surface area (Å²) in [6.07, 6.45) is 1.46. The second-order valence-electron chi connectivity index (χ2n) is 6.67. The van der Waals surface area contributed by atoms with Gasteiger partial charge in [-0.05, 0) is 30.2 Å². The van der Waals surface area contributed by atoms with Crippen LogP contribution in [0, 0.1) is 6.92 Å². The highest BCUT2D eigenvalue weighted by molar-refractivity contribution is 7.22. The Morgan fingerprint density at radius 1 is 0.966 bits per heavy atom. The zero-order valence-corrected chi connectivity index (χ0v) is 16.3. The summed E-state index contributed by atoms with van der Waals surface area (Å²) >= 11 is 1.49. The van der Waals surface area contributed by atoms with Gasteiger partial charge in [-0.25, -0.2) is 4.98 Å². The highest BCUT2D eigenvalue weighted by atomic mass is 32.1. The first-order valence-electron chi connectivity index (χ1n) is 9.00. The van der Waals surface area contributed by atoms with Crippen LogP contribution in [0.4, 0.5) is 0 Å². The lowest BCUT2D eigenvalue weighted by atomic mass is 10.1. The molecular weight excluding hydrogens is 386 g/mol. The molecule has 3 aromatic heterocycles. The number of aryl methyl sites for hydroxylation is 1.